The van der Waals surface area contributed by atoms with Gasteiger partial charge in [-0.05, 0) is 30.2 Å². The average Bonchev–Trinajstić information content (AvgIpc) is 3.10. The first-order chi connectivity index (χ1) is 13.0. The lowest BCUT2D eigenvalue weighted by Gasteiger charge is -2.06. The molecule has 1 N–H and O–H groups in total. The van der Waals surface area contributed by atoms with E-state index >= 15 is 0 Å². The Kier molecular flexibility index (Phi) is 5.67. The summed E-state index contributed by atoms with van der Waals surface area (Å²) >= 11 is 0. The third kappa shape index (κ3) is 4.82. The lowest BCUT2D eigenvalue weighted by atomic mass is 10.1. The van der Waals surface area contributed by atoms with Crippen LogP contribution in [0, 0.1) is 6.92 Å². The summed E-state index contributed by atoms with van der Waals surface area (Å²) in [5.74, 6) is -0.848. The van der Waals surface area contributed by atoms with Crippen molar-refractivity contribution in [1.82, 2.24) is 4.57 Å². The smallest absolute Gasteiger partial charge is 0.307 e. The molecule has 0 aliphatic carbocycles. The minimum atomic E-state index is -0.845. The first kappa shape index (κ1) is 18.4. The van der Waals surface area contributed by atoms with Crippen LogP contribution in [0.4, 0.5) is 0 Å². The molecule has 2 aromatic carbocycles. The zero-order chi connectivity index (χ0) is 19.2. The van der Waals surface area contributed by atoms with Crippen LogP contribution in [0.2, 0.25) is 0 Å². The van der Waals surface area contributed by atoms with E-state index in [1.807, 2.05) is 84.4 Å². The molecular weight excluding hydrogens is 338 g/mol. The second kappa shape index (κ2) is 8.32. The molecule has 0 aliphatic rings. The van der Waals surface area contributed by atoms with E-state index in [-0.39, 0.29) is 12.2 Å². The predicted molar refractivity (Wildman–Crippen MR) is 106 cm³/mol. The Morgan fingerprint density at radius 2 is 1.81 bits per heavy atom. The Hall–Kier alpha value is -3.40. The molecule has 1 aromatic heterocycles. The van der Waals surface area contributed by atoms with E-state index in [0.29, 0.717) is 17.8 Å². The summed E-state index contributed by atoms with van der Waals surface area (Å²) in [5.41, 5.74) is 4.14. The van der Waals surface area contributed by atoms with Gasteiger partial charge >= 0.3 is 5.97 Å². The van der Waals surface area contributed by atoms with Crippen molar-refractivity contribution in [2.75, 3.05) is 0 Å². The van der Waals surface area contributed by atoms with E-state index in [0.717, 1.165) is 16.7 Å². The van der Waals surface area contributed by atoms with Gasteiger partial charge in [0, 0.05) is 18.3 Å². The fraction of sp³-hybridized carbons (Fsp3) is 0.130. The van der Waals surface area contributed by atoms with E-state index in [1.165, 1.54) is 0 Å². The van der Waals surface area contributed by atoms with Crippen molar-refractivity contribution in [2.24, 2.45) is 0 Å². The number of carboxylic acid groups (broad SMARTS) is 1. The van der Waals surface area contributed by atoms with E-state index in [2.05, 4.69) is 0 Å². The quantitative estimate of drug-likeness (QED) is 0.637. The van der Waals surface area contributed by atoms with Gasteiger partial charge in [0.15, 0.2) is 0 Å². The van der Waals surface area contributed by atoms with Crippen LogP contribution in [0.5, 0.6) is 0 Å². The maximum absolute atomic E-state index is 12.7. The summed E-state index contributed by atoms with van der Waals surface area (Å²) in [6.45, 7) is 2.55. The highest BCUT2D eigenvalue weighted by molar-refractivity contribution is 6.08. The van der Waals surface area contributed by atoms with E-state index in [9.17, 15) is 9.59 Å². The number of benzene rings is 2. The van der Waals surface area contributed by atoms with E-state index in [4.69, 9.17) is 5.11 Å². The maximum atomic E-state index is 12.7. The average molecular weight is 359 g/mol. The molecule has 0 bridgehead atoms. The summed E-state index contributed by atoms with van der Waals surface area (Å²) in [6, 6.07) is 18.7. The monoisotopic (exact) mass is 359 g/mol. The summed E-state index contributed by atoms with van der Waals surface area (Å²) in [5, 5.41) is 8.90. The number of nitrogens with zero attached hydrogens (tertiary/aromatic N) is 1. The minimum absolute atomic E-state index is 0.00291. The summed E-state index contributed by atoms with van der Waals surface area (Å²) in [6.07, 6.45) is 5.79. The summed E-state index contributed by atoms with van der Waals surface area (Å²) in [7, 11) is 0. The van der Waals surface area contributed by atoms with Crippen LogP contribution < -0.4 is 0 Å². The molecule has 0 radical (unpaired) electrons. The highest BCUT2D eigenvalue weighted by Gasteiger charge is 2.12. The molecule has 0 atom stereocenters. The van der Waals surface area contributed by atoms with Crippen LogP contribution in [0.25, 0.3) is 6.08 Å². The van der Waals surface area contributed by atoms with Crippen molar-refractivity contribution >= 4 is 17.8 Å². The molecule has 0 saturated carbocycles. The second-order valence-electron chi connectivity index (χ2n) is 6.46. The molecule has 27 heavy (non-hydrogen) atoms. The summed E-state index contributed by atoms with van der Waals surface area (Å²) in [4.78, 5) is 23.6. The Morgan fingerprint density at radius 3 is 2.56 bits per heavy atom. The van der Waals surface area contributed by atoms with Crippen LogP contribution in [-0.4, -0.2) is 21.4 Å². The summed E-state index contributed by atoms with van der Waals surface area (Å²) < 4.78 is 1.90. The largest absolute Gasteiger partial charge is 0.481 e. The second-order valence-corrected chi connectivity index (χ2v) is 6.46. The number of allylic oxidation sites excluding steroid dienone is 1. The van der Waals surface area contributed by atoms with Crippen molar-refractivity contribution < 1.29 is 14.7 Å². The van der Waals surface area contributed by atoms with Gasteiger partial charge in [-0.25, -0.2) is 0 Å². The molecule has 3 rings (SSSR count). The van der Waals surface area contributed by atoms with Crippen LogP contribution >= 0.6 is 0 Å². The third-order valence-electron chi connectivity index (χ3n) is 4.29. The fourth-order valence-corrected chi connectivity index (χ4v) is 2.92. The third-order valence-corrected chi connectivity index (χ3v) is 4.29. The Labute approximate surface area is 158 Å². The molecular formula is C23H21NO3. The van der Waals surface area contributed by atoms with Gasteiger partial charge in [-0.15, -0.1) is 0 Å². The van der Waals surface area contributed by atoms with Gasteiger partial charge in [-0.1, -0.05) is 66.2 Å². The van der Waals surface area contributed by atoms with E-state index in [1.54, 1.807) is 6.07 Å². The van der Waals surface area contributed by atoms with Gasteiger partial charge < -0.3 is 9.67 Å². The normalized spacial score (nSPS) is 11.0. The molecule has 136 valence electrons. The van der Waals surface area contributed by atoms with Crippen molar-refractivity contribution in [3.8, 4) is 0 Å². The Morgan fingerprint density at radius 1 is 1.04 bits per heavy atom. The first-order valence-electron chi connectivity index (χ1n) is 8.77. The number of aryl methyl sites for hydroxylation is 1. The fourth-order valence-electron chi connectivity index (χ4n) is 2.92. The van der Waals surface area contributed by atoms with Gasteiger partial charge in [-0.2, -0.15) is 0 Å². The molecule has 4 heteroatoms. The number of aromatic nitrogens is 1. The molecule has 3 aromatic rings. The lowest BCUT2D eigenvalue weighted by Crippen LogP contribution is -2.09. The molecule has 0 unspecified atom stereocenters. The minimum Gasteiger partial charge on any atom is -0.481 e. The number of rotatable bonds is 7. The predicted octanol–water partition coefficient (Wildman–Crippen LogP) is 4.37. The van der Waals surface area contributed by atoms with Crippen molar-refractivity contribution in [1.29, 1.82) is 0 Å². The molecule has 1 heterocycles. The SMILES string of the molecule is Cc1ccc(C(=O)c2cccn2C/C=C/c2cccc(CC(=O)O)c2)cc1. The van der Waals surface area contributed by atoms with Crippen molar-refractivity contribution in [2.45, 2.75) is 19.9 Å². The highest BCUT2D eigenvalue weighted by Crippen LogP contribution is 2.13. The van der Waals surface area contributed by atoms with Gasteiger partial charge in [0.05, 0.1) is 12.1 Å². The van der Waals surface area contributed by atoms with Crippen molar-refractivity contribution in [3.05, 3.63) is 101 Å². The molecule has 0 fully saturated rings. The molecule has 0 amide bonds. The Bertz CT molecular complexity index is 981. The van der Waals surface area contributed by atoms with Crippen molar-refractivity contribution in [3.63, 3.8) is 0 Å². The zero-order valence-electron chi connectivity index (χ0n) is 15.1. The number of carbonyl (C=O) groups is 2. The molecule has 0 spiro atoms. The van der Waals surface area contributed by atoms with Gasteiger partial charge in [0.25, 0.3) is 0 Å². The topological polar surface area (TPSA) is 59.3 Å². The first-order valence-corrected chi connectivity index (χ1v) is 8.77. The van der Waals surface area contributed by atoms with Gasteiger partial charge in [-0.3, -0.25) is 9.59 Å². The maximum Gasteiger partial charge on any atom is 0.307 e. The molecule has 0 aliphatic heterocycles. The van der Waals surface area contributed by atoms with Crippen LogP contribution in [-0.2, 0) is 17.8 Å². The van der Waals surface area contributed by atoms with Gasteiger partial charge in [0.2, 0.25) is 5.78 Å². The molecule has 0 saturated heterocycles. The standard InChI is InChI=1S/C23H21NO3/c1-17-9-11-20(12-10-17)23(27)21-8-4-14-24(21)13-3-7-18-5-2-6-19(15-18)16-22(25)26/h2-12,14-15H,13,16H2,1H3,(H,25,26)/b7-3+. The zero-order valence-corrected chi connectivity index (χ0v) is 15.1. The van der Waals surface area contributed by atoms with Gasteiger partial charge in [0.1, 0.15) is 0 Å². The lowest BCUT2D eigenvalue weighted by molar-refractivity contribution is -0.136. The van der Waals surface area contributed by atoms with E-state index < -0.39 is 5.97 Å². The van der Waals surface area contributed by atoms with Crippen LogP contribution in [0.3, 0.4) is 0 Å². The van der Waals surface area contributed by atoms with Crippen LogP contribution in [0.1, 0.15) is 32.7 Å². The number of hydrogen-bond donors (Lipinski definition) is 1. The highest BCUT2D eigenvalue weighted by atomic mass is 16.4. The number of hydrogen-bond acceptors (Lipinski definition) is 2. The number of carbonyl (C=O) groups excluding carboxylic acids is 1. The Balaban J connectivity index is 1.72. The number of aliphatic carboxylic acids is 1. The number of carboxylic acids is 1. The number of ketones is 1. The van der Waals surface area contributed by atoms with Crippen LogP contribution in [0.15, 0.2) is 72.9 Å². The molecule has 4 nitrogen and oxygen atoms in total.